The lowest BCUT2D eigenvalue weighted by Gasteiger charge is -2.06. The van der Waals surface area contributed by atoms with Crippen LogP contribution in [0.15, 0.2) is 60.8 Å². The van der Waals surface area contributed by atoms with Gasteiger partial charge in [0.25, 0.3) is 5.91 Å². The van der Waals surface area contributed by atoms with E-state index in [1.165, 1.54) is 12.1 Å². The lowest BCUT2D eigenvalue weighted by molar-refractivity contribution is 0.0696. The zero-order chi connectivity index (χ0) is 16.2. The number of para-hydroxylation sites is 1. The van der Waals surface area contributed by atoms with E-state index in [2.05, 4.69) is 10.3 Å². The molecule has 1 heterocycles. The number of amides is 1. The van der Waals surface area contributed by atoms with Gasteiger partial charge in [-0.3, -0.25) is 9.78 Å². The Morgan fingerprint density at radius 1 is 1.00 bits per heavy atom. The van der Waals surface area contributed by atoms with E-state index in [4.69, 9.17) is 5.11 Å². The Bertz CT molecular complexity index is 873. The minimum atomic E-state index is -0.970. The Hall–Kier alpha value is -3.21. The molecular formula is C18H14N2O3. The second-order valence-corrected chi connectivity index (χ2v) is 5.10. The maximum atomic E-state index is 12.2. The Labute approximate surface area is 132 Å². The number of nitrogens with one attached hydrogen (secondary N) is 1. The summed E-state index contributed by atoms with van der Waals surface area (Å²) in [5, 5.41) is 12.6. The predicted octanol–water partition coefficient (Wildman–Crippen LogP) is 2.86. The molecule has 3 aromatic rings. The smallest absolute Gasteiger partial charge is 0.335 e. The van der Waals surface area contributed by atoms with Gasteiger partial charge in [0, 0.05) is 18.1 Å². The van der Waals surface area contributed by atoms with Crippen molar-refractivity contribution in [1.29, 1.82) is 0 Å². The standard InChI is InChI=1S/C18H14N2O3/c21-17(15-9-14-3-1-2-4-16(14)19-11-15)20-10-12-5-7-13(8-6-12)18(22)23/h1-9,11H,10H2,(H,20,21)(H,22,23). The second-order valence-electron chi connectivity index (χ2n) is 5.10. The fraction of sp³-hybridized carbons (Fsp3) is 0.0556. The van der Waals surface area contributed by atoms with Gasteiger partial charge in [-0.1, -0.05) is 30.3 Å². The summed E-state index contributed by atoms with van der Waals surface area (Å²) in [6.07, 6.45) is 1.55. The van der Waals surface area contributed by atoms with Crippen molar-refractivity contribution in [2.75, 3.05) is 0 Å². The van der Waals surface area contributed by atoms with Crippen molar-refractivity contribution >= 4 is 22.8 Å². The Morgan fingerprint density at radius 2 is 1.74 bits per heavy atom. The molecule has 5 heteroatoms. The van der Waals surface area contributed by atoms with Gasteiger partial charge in [-0.2, -0.15) is 0 Å². The van der Waals surface area contributed by atoms with Gasteiger partial charge < -0.3 is 10.4 Å². The van der Waals surface area contributed by atoms with Crippen molar-refractivity contribution in [1.82, 2.24) is 10.3 Å². The van der Waals surface area contributed by atoms with E-state index < -0.39 is 5.97 Å². The molecule has 0 bridgehead atoms. The molecule has 0 radical (unpaired) electrons. The van der Waals surface area contributed by atoms with Gasteiger partial charge in [0.2, 0.25) is 0 Å². The summed E-state index contributed by atoms with van der Waals surface area (Å²) in [6, 6.07) is 15.8. The number of hydrogen-bond acceptors (Lipinski definition) is 3. The van der Waals surface area contributed by atoms with E-state index in [1.54, 1.807) is 24.4 Å². The first kappa shape index (κ1) is 14.7. The average molecular weight is 306 g/mol. The number of carboxylic acids is 1. The summed E-state index contributed by atoms with van der Waals surface area (Å²) in [6.45, 7) is 0.325. The number of carbonyl (C=O) groups is 2. The molecule has 1 amide bonds. The summed E-state index contributed by atoms with van der Waals surface area (Å²) < 4.78 is 0. The van der Waals surface area contributed by atoms with Crippen LogP contribution in [0.3, 0.4) is 0 Å². The number of carboxylic acid groups (broad SMARTS) is 1. The molecule has 0 unspecified atom stereocenters. The molecule has 0 atom stereocenters. The van der Waals surface area contributed by atoms with Crippen LogP contribution < -0.4 is 5.32 Å². The van der Waals surface area contributed by atoms with Crippen LogP contribution in [0.4, 0.5) is 0 Å². The van der Waals surface area contributed by atoms with Gasteiger partial charge in [-0.05, 0) is 29.8 Å². The number of carbonyl (C=O) groups excluding carboxylic acids is 1. The molecule has 5 nitrogen and oxygen atoms in total. The molecule has 0 saturated carbocycles. The molecule has 0 aliphatic heterocycles. The topological polar surface area (TPSA) is 79.3 Å². The Morgan fingerprint density at radius 3 is 2.48 bits per heavy atom. The van der Waals surface area contributed by atoms with E-state index in [0.717, 1.165) is 16.5 Å². The lowest BCUT2D eigenvalue weighted by atomic mass is 10.1. The minimum absolute atomic E-state index is 0.217. The van der Waals surface area contributed by atoms with Crippen LogP contribution in [0, 0.1) is 0 Å². The van der Waals surface area contributed by atoms with Crippen LogP contribution in [0.1, 0.15) is 26.3 Å². The van der Waals surface area contributed by atoms with Crippen LogP contribution >= 0.6 is 0 Å². The molecule has 0 fully saturated rings. The first-order valence-electron chi connectivity index (χ1n) is 7.09. The first-order valence-corrected chi connectivity index (χ1v) is 7.09. The van der Waals surface area contributed by atoms with Gasteiger partial charge in [0.05, 0.1) is 16.6 Å². The summed E-state index contributed by atoms with van der Waals surface area (Å²) in [5.41, 5.74) is 2.38. The number of nitrogens with zero attached hydrogens (tertiary/aromatic N) is 1. The summed E-state index contributed by atoms with van der Waals surface area (Å²) in [5.74, 6) is -1.19. The van der Waals surface area contributed by atoms with Gasteiger partial charge >= 0.3 is 5.97 Å². The van der Waals surface area contributed by atoms with Crippen LogP contribution in [-0.4, -0.2) is 22.0 Å². The molecular weight excluding hydrogens is 292 g/mol. The van der Waals surface area contributed by atoms with Gasteiger partial charge in [-0.25, -0.2) is 4.79 Å². The monoisotopic (exact) mass is 306 g/mol. The largest absolute Gasteiger partial charge is 0.478 e. The Kier molecular flexibility index (Phi) is 4.01. The van der Waals surface area contributed by atoms with E-state index in [0.29, 0.717) is 12.1 Å². The molecule has 0 spiro atoms. The normalized spacial score (nSPS) is 10.4. The molecule has 114 valence electrons. The lowest BCUT2D eigenvalue weighted by Crippen LogP contribution is -2.22. The van der Waals surface area contributed by atoms with E-state index in [9.17, 15) is 9.59 Å². The van der Waals surface area contributed by atoms with Crippen LogP contribution in [0.2, 0.25) is 0 Å². The highest BCUT2D eigenvalue weighted by Gasteiger charge is 2.07. The number of pyridine rings is 1. The molecule has 2 aromatic carbocycles. The molecule has 0 aliphatic carbocycles. The van der Waals surface area contributed by atoms with Gasteiger partial charge in [0.15, 0.2) is 0 Å². The maximum absolute atomic E-state index is 12.2. The molecule has 23 heavy (non-hydrogen) atoms. The summed E-state index contributed by atoms with van der Waals surface area (Å²) in [7, 11) is 0. The van der Waals surface area contributed by atoms with Gasteiger partial charge in [-0.15, -0.1) is 0 Å². The Balaban J connectivity index is 1.69. The zero-order valence-electron chi connectivity index (χ0n) is 12.2. The highest BCUT2D eigenvalue weighted by atomic mass is 16.4. The maximum Gasteiger partial charge on any atom is 0.335 e. The number of hydrogen-bond donors (Lipinski definition) is 2. The van der Waals surface area contributed by atoms with Crippen molar-refractivity contribution < 1.29 is 14.7 Å². The van der Waals surface area contributed by atoms with E-state index in [-0.39, 0.29) is 11.5 Å². The zero-order valence-corrected chi connectivity index (χ0v) is 12.2. The third-order valence-electron chi connectivity index (χ3n) is 3.51. The first-order chi connectivity index (χ1) is 11.1. The number of aromatic carboxylic acids is 1. The number of benzene rings is 2. The van der Waals surface area contributed by atoms with E-state index >= 15 is 0 Å². The molecule has 2 N–H and O–H groups in total. The van der Waals surface area contributed by atoms with Crippen molar-refractivity contribution in [3.8, 4) is 0 Å². The molecule has 3 rings (SSSR count). The third-order valence-corrected chi connectivity index (χ3v) is 3.51. The fourth-order valence-electron chi connectivity index (χ4n) is 2.24. The summed E-state index contributed by atoms with van der Waals surface area (Å²) >= 11 is 0. The quantitative estimate of drug-likeness (QED) is 0.777. The number of fused-ring (bicyclic) bond motifs is 1. The van der Waals surface area contributed by atoms with Crippen molar-refractivity contribution in [2.45, 2.75) is 6.54 Å². The second kappa shape index (κ2) is 6.27. The predicted molar refractivity (Wildman–Crippen MR) is 86.3 cm³/mol. The molecule has 0 aliphatic rings. The van der Waals surface area contributed by atoms with Crippen LogP contribution in [-0.2, 0) is 6.54 Å². The van der Waals surface area contributed by atoms with Gasteiger partial charge in [0.1, 0.15) is 0 Å². The molecule has 0 saturated heterocycles. The number of aromatic nitrogens is 1. The SMILES string of the molecule is O=C(O)c1ccc(CNC(=O)c2cnc3ccccc3c2)cc1. The van der Waals surface area contributed by atoms with Crippen LogP contribution in [0.5, 0.6) is 0 Å². The van der Waals surface area contributed by atoms with Crippen molar-refractivity contribution in [3.05, 3.63) is 77.5 Å². The van der Waals surface area contributed by atoms with E-state index in [1.807, 2.05) is 24.3 Å². The number of rotatable bonds is 4. The highest BCUT2D eigenvalue weighted by molar-refractivity contribution is 5.97. The molecule has 1 aromatic heterocycles. The fourth-order valence-corrected chi connectivity index (χ4v) is 2.24. The average Bonchev–Trinajstić information content (AvgIpc) is 2.59. The van der Waals surface area contributed by atoms with Crippen LogP contribution in [0.25, 0.3) is 10.9 Å². The van der Waals surface area contributed by atoms with Crippen molar-refractivity contribution in [3.63, 3.8) is 0 Å². The third kappa shape index (κ3) is 3.35. The highest BCUT2D eigenvalue weighted by Crippen LogP contribution is 2.13. The van der Waals surface area contributed by atoms with Crippen molar-refractivity contribution in [2.24, 2.45) is 0 Å². The minimum Gasteiger partial charge on any atom is -0.478 e. The summed E-state index contributed by atoms with van der Waals surface area (Å²) in [4.78, 5) is 27.2.